The van der Waals surface area contributed by atoms with E-state index >= 15 is 0 Å². The predicted molar refractivity (Wildman–Crippen MR) is 167 cm³/mol. The zero-order chi connectivity index (χ0) is 30.5. The van der Waals surface area contributed by atoms with Gasteiger partial charge in [-0.2, -0.15) is 0 Å². The molecule has 0 aromatic heterocycles. The van der Waals surface area contributed by atoms with Crippen LogP contribution in [-0.4, -0.2) is 66.0 Å². The van der Waals surface area contributed by atoms with Crippen LogP contribution >= 0.6 is 0 Å². The average molecular weight is 589 g/mol. The highest BCUT2D eigenvalue weighted by atomic mass is 16.6. The fourth-order valence-electron chi connectivity index (χ4n) is 7.64. The Balaban J connectivity index is 1.34. The number of rotatable bonds is 12. The molecule has 2 aromatic carbocycles. The lowest BCUT2D eigenvalue weighted by atomic mass is 9.55. The summed E-state index contributed by atoms with van der Waals surface area (Å²) in [6.07, 6.45) is 10.1. The van der Waals surface area contributed by atoms with Gasteiger partial charge in [0, 0.05) is 51.9 Å². The van der Waals surface area contributed by atoms with Gasteiger partial charge >= 0.3 is 11.9 Å². The minimum absolute atomic E-state index is 0.0351. The normalized spacial score (nSPS) is 25.4. The monoisotopic (exact) mass is 588 g/mol. The number of hydrogen-bond acceptors (Lipinski definition) is 6. The topological polar surface area (TPSA) is 76.2 Å². The van der Waals surface area contributed by atoms with Crippen LogP contribution in [0.25, 0.3) is 0 Å². The molecular formula is C36H48N2O5. The summed E-state index contributed by atoms with van der Waals surface area (Å²) in [6, 6.07) is 18.3. The molecule has 2 aromatic rings. The van der Waals surface area contributed by atoms with Crippen molar-refractivity contribution in [1.82, 2.24) is 9.80 Å². The Morgan fingerprint density at radius 2 is 1.72 bits per heavy atom. The Labute approximate surface area is 256 Å². The number of likely N-dealkylation sites (tertiary alicyclic amines) is 1. The first kappa shape index (κ1) is 31.2. The molecule has 1 saturated heterocycles. The van der Waals surface area contributed by atoms with Crippen molar-refractivity contribution < 1.29 is 23.9 Å². The molecule has 1 heterocycles. The van der Waals surface area contributed by atoms with Crippen LogP contribution < -0.4 is 4.74 Å². The fraction of sp³-hybridized carbons (Fsp3) is 0.583. The summed E-state index contributed by atoms with van der Waals surface area (Å²) in [7, 11) is 1.95. The molecule has 3 unspecified atom stereocenters. The zero-order valence-electron chi connectivity index (χ0n) is 26.2. The SMILES string of the molecule is CC(=O)Oc1cccc(C23CCN(CC4CC4)CC2(OC(C)=O)CCC(N(C)C(=O)CCCCCc2ccccc2)C3)c1. The van der Waals surface area contributed by atoms with E-state index in [2.05, 4.69) is 35.2 Å². The van der Waals surface area contributed by atoms with Gasteiger partial charge < -0.3 is 14.4 Å². The van der Waals surface area contributed by atoms with Gasteiger partial charge in [0.2, 0.25) is 5.91 Å². The highest BCUT2D eigenvalue weighted by Gasteiger charge is 2.61. The fourth-order valence-corrected chi connectivity index (χ4v) is 7.64. The number of fused-ring (bicyclic) bond motifs is 1. The van der Waals surface area contributed by atoms with Crippen LogP contribution in [-0.2, 0) is 31.0 Å². The van der Waals surface area contributed by atoms with Gasteiger partial charge in [-0.15, -0.1) is 0 Å². The average Bonchev–Trinajstić information content (AvgIpc) is 3.80. The number of carbonyl (C=O) groups excluding carboxylic acids is 3. The van der Waals surface area contributed by atoms with Crippen molar-refractivity contribution in [2.24, 2.45) is 5.92 Å². The van der Waals surface area contributed by atoms with Crippen LogP contribution in [0.3, 0.4) is 0 Å². The van der Waals surface area contributed by atoms with Gasteiger partial charge in [-0.3, -0.25) is 19.3 Å². The van der Waals surface area contributed by atoms with Crippen molar-refractivity contribution >= 4 is 17.8 Å². The molecule has 5 rings (SSSR count). The van der Waals surface area contributed by atoms with Crippen molar-refractivity contribution in [2.75, 3.05) is 26.7 Å². The number of aryl methyl sites for hydroxylation is 1. The van der Waals surface area contributed by atoms with Crippen LogP contribution in [0.4, 0.5) is 0 Å². The zero-order valence-corrected chi connectivity index (χ0v) is 26.2. The first-order valence-corrected chi connectivity index (χ1v) is 16.2. The summed E-state index contributed by atoms with van der Waals surface area (Å²) in [5.74, 6) is 0.781. The number of nitrogens with zero attached hydrogens (tertiary/aromatic N) is 2. The summed E-state index contributed by atoms with van der Waals surface area (Å²) < 4.78 is 11.9. The first-order chi connectivity index (χ1) is 20.7. The summed E-state index contributed by atoms with van der Waals surface area (Å²) in [5.41, 5.74) is 1.15. The van der Waals surface area contributed by atoms with Gasteiger partial charge in [0.05, 0.1) is 0 Å². The number of unbranched alkanes of at least 4 members (excludes halogenated alkanes) is 2. The molecule has 1 aliphatic heterocycles. The second-order valence-corrected chi connectivity index (χ2v) is 13.2. The van der Waals surface area contributed by atoms with Crippen LogP contribution in [0.1, 0.15) is 89.2 Å². The van der Waals surface area contributed by atoms with Gasteiger partial charge in [-0.1, -0.05) is 48.9 Å². The van der Waals surface area contributed by atoms with Crippen molar-refractivity contribution in [2.45, 2.75) is 102 Å². The molecule has 2 saturated carbocycles. The lowest BCUT2D eigenvalue weighted by Gasteiger charge is -2.60. The Morgan fingerprint density at radius 3 is 2.44 bits per heavy atom. The van der Waals surface area contributed by atoms with Gasteiger partial charge in [-0.25, -0.2) is 0 Å². The molecule has 1 amide bonds. The Hall–Kier alpha value is -3.19. The van der Waals surface area contributed by atoms with Crippen molar-refractivity contribution in [3.05, 3.63) is 65.7 Å². The summed E-state index contributed by atoms with van der Waals surface area (Å²) in [5, 5.41) is 0. The molecule has 0 spiro atoms. The van der Waals surface area contributed by atoms with E-state index in [0.717, 1.165) is 63.1 Å². The van der Waals surface area contributed by atoms with Crippen molar-refractivity contribution in [1.29, 1.82) is 0 Å². The van der Waals surface area contributed by atoms with Gasteiger partial charge in [0.15, 0.2) is 0 Å². The van der Waals surface area contributed by atoms with E-state index in [1.54, 1.807) is 6.07 Å². The molecule has 0 bridgehead atoms. The van der Waals surface area contributed by atoms with Crippen LogP contribution in [0, 0.1) is 5.92 Å². The highest BCUT2D eigenvalue weighted by Crippen LogP contribution is 2.55. The lowest BCUT2D eigenvalue weighted by molar-refractivity contribution is -0.190. The first-order valence-electron chi connectivity index (χ1n) is 16.2. The quantitative estimate of drug-likeness (QED) is 0.170. The maximum Gasteiger partial charge on any atom is 0.308 e. The van der Waals surface area contributed by atoms with E-state index in [-0.39, 0.29) is 23.9 Å². The lowest BCUT2D eigenvalue weighted by Crippen LogP contribution is -2.68. The van der Waals surface area contributed by atoms with Crippen LogP contribution in [0.2, 0.25) is 0 Å². The minimum atomic E-state index is -0.710. The second-order valence-electron chi connectivity index (χ2n) is 13.2. The number of benzene rings is 2. The van der Waals surface area contributed by atoms with E-state index in [9.17, 15) is 14.4 Å². The molecule has 3 fully saturated rings. The maximum atomic E-state index is 13.5. The number of hydrogen-bond donors (Lipinski definition) is 0. The molecule has 0 radical (unpaired) electrons. The van der Waals surface area contributed by atoms with Gasteiger partial charge in [0.25, 0.3) is 0 Å². The number of amides is 1. The van der Waals surface area contributed by atoms with E-state index in [0.29, 0.717) is 31.6 Å². The van der Waals surface area contributed by atoms with E-state index < -0.39 is 11.0 Å². The molecule has 3 aliphatic rings. The molecule has 232 valence electrons. The van der Waals surface area contributed by atoms with Crippen LogP contribution in [0.15, 0.2) is 54.6 Å². The second kappa shape index (κ2) is 13.6. The summed E-state index contributed by atoms with van der Waals surface area (Å²) >= 11 is 0. The standard InChI is InChI=1S/C36H48N2O5/c1-27(39)42-33-15-10-14-31(23-33)35-21-22-38(25-30-17-18-30)26-36(35,43-28(2)40)20-19-32(24-35)37(3)34(41)16-9-5-8-13-29-11-6-4-7-12-29/h4,6-7,10-12,14-15,23,30,32H,5,8-9,13,16-22,24-26H2,1-3H3. The molecule has 7 heteroatoms. The van der Waals surface area contributed by atoms with Crippen molar-refractivity contribution in [3.8, 4) is 5.75 Å². The van der Waals surface area contributed by atoms with Gasteiger partial charge in [0.1, 0.15) is 11.4 Å². The molecule has 3 atom stereocenters. The number of piperidine rings is 1. The minimum Gasteiger partial charge on any atom is -0.457 e. The Bertz CT molecular complexity index is 1280. The molecule has 7 nitrogen and oxygen atoms in total. The number of carbonyl (C=O) groups is 3. The highest BCUT2D eigenvalue weighted by molar-refractivity contribution is 5.76. The smallest absolute Gasteiger partial charge is 0.308 e. The summed E-state index contributed by atoms with van der Waals surface area (Å²) in [6.45, 7) is 5.55. The predicted octanol–water partition coefficient (Wildman–Crippen LogP) is 6.08. The number of ether oxygens (including phenoxy) is 2. The Morgan fingerprint density at radius 1 is 0.930 bits per heavy atom. The van der Waals surface area contributed by atoms with E-state index in [1.807, 2.05) is 30.1 Å². The molecular weight excluding hydrogens is 540 g/mol. The molecule has 0 N–H and O–H groups in total. The molecule has 2 aliphatic carbocycles. The third kappa shape index (κ3) is 7.49. The third-order valence-electron chi connectivity index (χ3n) is 10.0. The third-order valence-corrected chi connectivity index (χ3v) is 10.0. The Kier molecular flexibility index (Phi) is 9.90. The van der Waals surface area contributed by atoms with Gasteiger partial charge in [-0.05, 0) is 93.5 Å². The van der Waals surface area contributed by atoms with Crippen LogP contribution in [0.5, 0.6) is 5.75 Å². The van der Waals surface area contributed by atoms with E-state index in [4.69, 9.17) is 9.47 Å². The summed E-state index contributed by atoms with van der Waals surface area (Å²) in [4.78, 5) is 42.4. The molecule has 43 heavy (non-hydrogen) atoms. The number of esters is 2. The van der Waals surface area contributed by atoms with E-state index in [1.165, 1.54) is 32.3 Å². The van der Waals surface area contributed by atoms with Crippen molar-refractivity contribution in [3.63, 3.8) is 0 Å². The largest absolute Gasteiger partial charge is 0.457 e. The maximum absolute atomic E-state index is 13.5.